The molecule has 1 amide bonds. The molecule has 1 aromatic rings. The summed E-state index contributed by atoms with van der Waals surface area (Å²) in [6.07, 6.45) is 0. The molecular weight excluding hydrogens is 236 g/mol. The molecular formula is C12H18N2O4. The number of carbonyl (C=O) groups is 1. The fourth-order valence-corrected chi connectivity index (χ4v) is 1.29. The van der Waals surface area contributed by atoms with Crippen LogP contribution < -0.4 is 20.5 Å². The maximum Gasteiger partial charge on any atom is 0.258 e. The van der Waals surface area contributed by atoms with Crippen molar-refractivity contribution in [2.75, 3.05) is 39.7 Å². The van der Waals surface area contributed by atoms with E-state index in [1.54, 1.807) is 25.3 Å². The molecule has 0 aromatic heterocycles. The Morgan fingerprint density at radius 2 is 2.11 bits per heavy atom. The molecule has 0 spiro atoms. The van der Waals surface area contributed by atoms with Gasteiger partial charge in [-0.15, -0.1) is 0 Å². The summed E-state index contributed by atoms with van der Waals surface area (Å²) in [7, 11) is 3.09. The number of rotatable bonds is 7. The summed E-state index contributed by atoms with van der Waals surface area (Å²) < 4.78 is 15.3. The van der Waals surface area contributed by atoms with Crippen LogP contribution in [0.15, 0.2) is 18.2 Å². The van der Waals surface area contributed by atoms with Gasteiger partial charge in [-0.1, -0.05) is 0 Å². The Morgan fingerprint density at radius 3 is 2.78 bits per heavy atom. The Kier molecular flexibility index (Phi) is 5.79. The van der Waals surface area contributed by atoms with Crippen molar-refractivity contribution in [3.63, 3.8) is 0 Å². The van der Waals surface area contributed by atoms with Crippen molar-refractivity contribution < 1.29 is 19.0 Å². The van der Waals surface area contributed by atoms with E-state index in [4.69, 9.17) is 19.9 Å². The summed E-state index contributed by atoms with van der Waals surface area (Å²) in [6, 6.07) is 5.00. The van der Waals surface area contributed by atoms with Crippen LogP contribution in [-0.2, 0) is 9.53 Å². The van der Waals surface area contributed by atoms with Crippen molar-refractivity contribution in [1.29, 1.82) is 0 Å². The summed E-state index contributed by atoms with van der Waals surface area (Å²) in [4.78, 5) is 11.4. The lowest BCUT2D eigenvalue weighted by Gasteiger charge is -2.11. The Labute approximate surface area is 106 Å². The van der Waals surface area contributed by atoms with Gasteiger partial charge in [0.2, 0.25) is 0 Å². The number of amides is 1. The van der Waals surface area contributed by atoms with Gasteiger partial charge in [0.25, 0.3) is 5.91 Å². The van der Waals surface area contributed by atoms with Crippen LogP contribution in [0.25, 0.3) is 0 Å². The van der Waals surface area contributed by atoms with Gasteiger partial charge < -0.3 is 25.3 Å². The second kappa shape index (κ2) is 7.39. The van der Waals surface area contributed by atoms with Gasteiger partial charge in [0, 0.05) is 25.4 Å². The number of nitrogens with one attached hydrogen (secondary N) is 1. The molecule has 1 aromatic carbocycles. The lowest BCUT2D eigenvalue weighted by molar-refractivity contribution is -0.123. The molecule has 0 aliphatic heterocycles. The number of hydrogen-bond donors (Lipinski definition) is 2. The SMILES string of the molecule is COCCNC(=O)COc1cc(N)ccc1OC. The molecule has 0 atom stereocenters. The summed E-state index contributed by atoms with van der Waals surface area (Å²) >= 11 is 0. The van der Waals surface area contributed by atoms with E-state index in [-0.39, 0.29) is 12.5 Å². The Bertz CT molecular complexity index is 396. The predicted molar refractivity (Wildman–Crippen MR) is 67.8 cm³/mol. The van der Waals surface area contributed by atoms with Gasteiger partial charge in [-0.3, -0.25) is 4.79 Å². The monoisotopic (exact) mass is 254 g/mol. The zero-order valence-electron chi connectivity index (χ0n) is 10.6. The Balaban J connectivity index is 2.47. The number of hydrogen-bond acceptors (Lipinski definition) is 5. The fourth-order valence-electron chi connectivity index (χ4n) is 1.29. The maximum atomic E-state index is 11.4. The number of ether oxygens (including phenoxy) is 3. The second-order valence-corrected chi connectivity index (χ2v) is 3.54. The minimum Gasteiger partial charge on any atom is -0.493 e. The van der Waals surface area contributed by atoms with Crippen LogP contribution in [0.5, 0.6) is 11.5 Å². The average Bonchev–Trinajstić information content (AvgIpc) is 2.37. The third-order valence-electron chi connectivity index (χ3n) is 2.17. The Hall–Kier alpha value is -1.95. The van der Waals surface area contributed by atoms with Crippen LogP contribution in [0.2, 0.25) is 0 Å². The van der Waals surface area contributed by atoms with Crippen molar-refractivity contribution in [2.24, 2.45) is 0 Å². The third-order valence-corrected chi connectivity index (χ3v) is 2.17. The molecule has 0 heterocycles. The lowest BCUT2D eigenvalue weighted by atomic mass is 10.3. The van der Waals surface area contributed by atoms with E-state index in [0.717, 1.165) is 0 Å². The normalized spacial score (nSPS) is 9.89. The topological polar surface area (TPSA) is 82.8 Å². The molecule has 0 saturated carbocycles. The number of carbonyl (C=O) groups excluding carboxylic acids is 1. The first-order valence-electron chi connectivity index (χ1n) is 5.49. The van der Waals surface area contributed by atoms with Gasteiger partial charge in [-0.2, -0.15) is 0 Å². The zero-order valence-corrected chi connectivity index (χ0v) is 10.6. The first-order chi connectivity index (χ1) is 8.67. The molecule has 3 N–H and O–H groups in total. The maximum absolute atomic E-state index is 11.4. The highest BCUT2D eigenvalue weighted by atomic mass is 16.5. The quantitative estimate of drug-likeness (QED) is 0.544. The van der Waals surface area contributed by atoms with Gasteiger partial charge in [0.15, 0.2) is 18.1 Å². The number of anilines is 1. The van der Waals surface area contributed by atoms with Crippen LogP contribution >= 0.6 is 0 Å². The van der Waals surface area contributed by atoms with Crippen LogP contribution in [0.3, 0.4) is 0 Å². The molecule has 0 saturated heterocycles. The first kappa shape index (κ1) is 14.1. The lowest BCUT2D eigenvalue weighted by Crippen LogP contribution is -2.31. The summed E-state index contributed by atoms with van der Waals surface area (Å²) in [5, 5.41) is 2.64. The summed E-state index contributed by atoms with van der Waals surface area (Å²) in [5.41, 5.74) is 6.18. The van der Waals surface area contributed by atoms with Crippen molar-refractivity contribution in [3.05, 3.63) is 18.2 Å². The van der Waals surface area contributed by atoms with Crippen molar-refractivity contribution in [1.82, 2.24) is 5.32 Å². The molecule has 0 fully saturated rings. The molecule has 0 unspecified atom stereocenters. The van der Waals surface area contributed by atoms with Crippen molar-refractivity contribution in [2.45, 2.75) is 0 Å². The second-order valence-electron chi connectivity index (χ2n) is 3.54. The molecule has 0 aliphatic carbocycles. The number of nitrogen functional groups attached to an aromatic ring is 1. The highest BCUT2D eigenvalue weighted by Crippen LogP contribution is 2.28. The summed E-state index contributed by atoms with van der Waals surface area (Å²) in [6.45, 7) is 0.823. The number of nitrogens with two attached hydrogens (primary N) is 1. The first-order valence-corrected chi connectivity index (χ1v) is 5.49. The highest BCUT2D eigenvalue weighted by Gasteiger charge is 2.07. The van der Waals surface area contributed by atoms with E-state index in [9.17, 15) is 4.79 Å². The molecule has 18 heavy (non-hydrogen) atoms. The molecule has 0 radical (unpaired) electrons. The van der Waals surface area contributed by atoms with E-state index < -0.39 is 0 Å². The molecule has 100 valence electrons. The average molecular weight is 254 g/mol. The molecule has 0 aliphatic rings. The predicted octanol–water partition coefficient (Wildman–Crippen LogP) is 0.419. The van der Waals surface area contributed by atoms with Gasteiger partial charge in [-0.05, 0) is 12.1 Å². The molecule has 0 bridgehead atoms. The van der Waals surface area contributed by atoms with Gasteiger partial charge in [0.1, 0.15) is 0 Å². The minimum atomic E-state index is -0.225. The van der Waals surface area contributed by atoms with Crippen LogP contribution in [0.1, 0.15) is 0 Å². The molecule has 6 heteroatoms. The standard InChI is InChI=1S/C12H18N2O4/c1-16-6-5-14-12(15)8-18-11-7-9(13)3-4-10(11)17-2/h3-4,7H,5-6,8,13H2,1-2H3,(H,14,15). The van der Waals surface area contributed by atoms with E-state index in [1.165, 1.54) is 7.11 Å². The van der Waals surface area contributed by atoms with Crippen molar-refractivity contribution >= 4 is 11.6 Å². The fraction of sp³-hybridized carbons (Fsp3) is 0.417. The van der Waals surface area contributed by atoms with Gasteiger partial charge >= 0.3 is 0 Å². The van der Waals surface area contributed by atoms with Crippen LogP contribution in [0.4, 0.5) is 5.69 Å². The smallest absolute Gasteiger partial charge is 0.258 e. The highest BCUT2D eigenvalue weighted by molar-refractivity contribution is 5.77. The molecule has 1 rings (SSSR count). The van der Waals surface area contributed by atoms with Gasteiger partial charge in [0.05, 0.1) is 13.7 Å². The van der Waals surface area contributed by atoms with E-state index >= 15 is 0 Å². The van der Waals surface area contributed by atoms with Crippen LogP contribution in [0, 0.1) is 0 Å². The van der Waals surface area contributed by atoms with Crippen LogP contribution in [-0.4, -0.2) is 39.9 Å². The largest absolute Gasteiger partial charge is 0.493 e. The van der Waals surface area contributed by atoms with Crippen molar-refractivity contribution in [3.8, 4) is 11.5 Å². The molecule has 6 nitrogen and oxygen atoms in total. The van der Waals surface area contributed by atoms with Gasteiger partial charge in [-0.25, -0.2) is 0 Å². The summed E-state index contributed by atoms with van der Waals surface area (Å²) in [5.74, 6) is 0.754. The van der Waals surface area contributed by atoms with E-state index in [0.29, 0.717) is 30.3 Å². The number of benzene rings is 1. The van der Waals surface area contributed by atoms with E-state index in [1.807, 2.05) is 0 Å². The van der Waals surface area contributed by atoms with E-state index in [2.05, 4.69) is 5.32 Å². The minimum absolute atomic E-state index is 0.0937. The Morgan fingerprint density at radius 1 is 1.33 bits per heavy atom. The number of methoxy groups -OCH3 is 2. The zero-order chi connectivity index (χ0) is 13.4. The third kappa shape index (κ3) is 4.50.